The Morgan fingerprint density at radius 2 is 1.92 bits per heavy atom. The first kappa shape index (κ1) is 28.8. The Hall–Kier alpha value is -4.43. The molecule has 3 atom stereocenters. The van der Waals surface area contributed by atoms with Crippen molar-refractivity contribution in [3.8, 4) is 0 Å². The van der Waals surface area contributed by atoms with E-state index in [4.69, 9.17) is 17.2 Å². The number of nitrogens with zero attached hydrogens (tertiary/aromatic N) is 3. The van der Waals surface area contributed by atoms with Crippen molar-refractivity contribution in [3.63, 3.8) is 0 Å². The second kappa shape index (κ2) is 13.6. The van der Waals surface area contributed by atoms with Crippen LogP contribution in [0.25, 0.3) is 0 Å². The molecule has 1 aromatic rings. The highest BCUT2D eigenvalue weighted by molar-refractivity contribution is 5.95. The molecule has 3 rings (SSSR count). The van der Waals surface area contributed by atoms with Gasteiger partial charge in [-0.1, -0.05) is 0 Å². The van der Waals surface area contributed by atoms with Crippen molar-refractivity contribution in [2.45, 2.75) is 56.7 Å². The Morgan fingerprint density at radius 1 is 1.24 bits per heavy atom. The molecule has 202 valence electrons. The lowest BCUT2D eigenvalue weighted by molar-refractivity contribution is -0.384. The van der Waals surface area contributed by atoms with Crippen molar-refractivity contribution in [1.82, 2.24) is 15.5 Å². The molecule has 2 fully saturated rings. The maximum absolute atomic E-state index is 12.6. The molecular weight excluding hydrogens is 488 g/mol. The Morgan fingerprint density at radius 3 is 2.46 bits per heavy atom. The summed E-state index contributed by atoms with van der Waals surface area (Å²) >= 11 is 0. The summed E-state index contributed by atoms with van der Waals surface area (Å²) in [5.74, 6) is -2.21. The number of benzene rings is 1. The Balaban J connectivity index is 0.000000402. The van der Waals surface area contributed by atoms with Gasteiger partial charge in [-0.2, -0.15) is 0 Å². The molecule has 37 heavy (non-hydrogen) atoms. The third-order valence-electron chi connectivity index (χ3n) is 5.80. The van der Waals surface area contributed by atoms with E-state index in [0.717, 1.165) is 0 Å². The number of carbonyl (C=O) groups excluding carboxylic acids is 3. The number of aliphatic imine (C=N–C) groups is 1. The molecule has 15 heteroatoms. The zero-order chi connectivity index (χ0) is 27.5. The van der Waals surface area contributed by atoms with Crippen molar-refractivity contribution < 1.29 is 29.2 Å². The fraction of sp³-hybridized carbons (Fsp3) is 0.500. The minimum absolute atomic E-state index is 0.0641. The van der Waals surface area contributed by atoms with Crippen LogP contribution in [0.5, 0.6) is 0 Å². The van der Waals surface area contributed by atoms with E-state index in [1.807, 2.05) is 0 Å². The summed E-state index contributed by atoms with van der Waals surface area (Å²) in [5.41, 5.74) is 16.3. The average Bonchev–Trinajstić information content (AvgIpc) is 3.50. The minimum Gasteiger partial charge on any atom is -0.480 e. The number of nitro groups is 1. The van der Waals surface area contributed by atoms with E-state index in [-0.39, 0.29) is 42.8 Å². The number of nitrogen functional groups attached to an aromatic ring is 1. The zero-order valence-electron chi connectivity index (χ0n) is 20.2. The fourth-order valence-corrected chi connectivity index (χ4v) is 3.93. The number of carboxylic acid groups (broad SMARTS) is 1. The van der Waals surface area contributed by atoms with Gasteiger partial charge < -0.3 is 37.8 Å². The molecule has 2 aliphatic rings. The summed E-state index contributed by atoms with van der Waals surface area (Å²) in [6.07, 6.45) is 2.35. The summed E-state index contributed by atoms with van der Waals surface area (Å²) in [6, 6.07) is 3.31. The first-order chi connectivity index (χ1) is 17.5. The molecule has 2 saturated heterocycles. The van der Waals surface area contributed by atoms with Gasteiger partial charge in [-0.25, -0.2) is 4.79 Å². The van der Waals surface area contributed by atoms with Crippen LogP contribution in [0.15, 0.2) is 29.3 Å². The largest absolute Gasteiger partial charge is 0.480 e. The number of hydrogen-bond acceptors (Lipinski definition) is 8. The van der Waals surface area contributed by atoms with Gasteiger partial charge in [-0.15, -0.1) is 0 Å². The SMILES string of the molecule is NC(N)=NCCC[C@H](NC(=O)[C@@H]1CCCN1C(=O)[C@@H]1CCC(=O)N1)C(=O)O.Nc1ccc([N+](=O)[O-])cc1. The molecule has 0 aliphatic carbocycles. The lowest BCUT2D eigenvalue weighted by atomic mass is 10.1. The number of likely N-dealkylation sites (tertiary alicyclic amines) is 1. The van der Waals surface area contributed by atoms with Gasteiger partial charge in [0.25, 0.3) is 5.69 Å². The number of hydrogen-bond donors (Lipinski definition) is 6. The second-order valence-electron chi connectivity index (χ2n) is 8.55. The van der Waals surface area contributed by atoms with Gasteiger partial charge in [0.2, 0.25) is 17.7 Å². The number of guanidine groups is 1. The standard InChI is InChI=1S/C16H26N6O5.C6H6N2O2/c17-16(18)19-7-1-3-10(15(26)27)21-13(24)11-4-2-8-22(11)14(25)9-5-6-12(23)20-9;7-5-1-3-6(4-2-5)8(9)10/h9-11H,1-8H2,(H,20,23)(H,21,24)(H,26,27)(H4,17,18,19);1-4H,7H2/t9-,10-,11-;/m0./s1. The van der Waals surface area contributed by atoms with E-state index in [2.05, 4.69) is 15.6 Å². The number of rotatable bonds is 9. The summed E-state index contributed by atoms with van der Waals surface area (Å²) in [7, 11) is 0. The third kappa shape index (κ3) is 8.94. The molecule has 0 spiro atoms. The number of carbonyl (C=O) groups is 4. The number of nitrogens with two attached hydrogens (primary N) is 3. The number of carboxylic acids is 1. The smallest absolute Gasteiger partial charge is 0.326 e. The number of amides is 3. The summed E-state index contributed by atoms with van der Waals surface area (Å²) in [6.45, 7) is 0.670. The van der Waals surface area contributed by atoms with Crippen LogP contribution in [0.1, 0.15) is 38.5 Å². The molecule has 15 nitrogen and oxygen atoms in total. The van der Waals surface area contributed by atoms with Crippen LogP contribution in [0.2, 0.25) is 0 Å². The number of nitrogens with one attached hydrogen (secondary N) is 2. The van der Waals surface area contributed by atoms with Crippen LogP contribution in [-0.2, 0) is 19.2 Å². The topological polar surface area (TPSA) is 249 Å². The molecule has 0 aromatic heterocycles. The molecular formula is C22H32N8O7. The van der Waals surface area contributed by atoms with Gasteiger partial charge in [-0.3, -0.25) is 29.5 Å². The lowest BCUT2D eigenvalue weighted by Crippen LogP contribution is -2.54. The zero-order valence-corrected chi connectivity index (χ0v) is 20.2. The van der Waals surface area contributed by atoms with Gasteiger partial charge >= 0.3 is 5.97 Å². The highest BCUT2D eigenvalue weighted by Crippen LogP contribution is 2.21. The summed E-state index contributed by atoms with van der Waals surface area (Å²) < 4.78 is 0. The molecule has 2 aliphatic heterocycles. The highest BCUT2D eigenvalue weighted by atomic mass is 16.6. The van der Waals surface area contributed by atoms with E-state index in [1.54, 1.807) is 0 Å². The van der Waals surface area contributed by atoms with Gasteiger partial charge in [0.15, 0.2) is 5.96 Å². The molecule has 0 radical (unpaired) electrons. The molecule has 2 heterocycles. The second-order valence-corrected chi connectivity index (χ2v) is 8.55. The van der Waals surface area contributed by atoms with Crippen LogP contribution in [0.4, 0.5) is 11.4 Å². The van der Waals surface area contributed by atoms with Crippen LogP contribution in [-0.4, -0.2) is 75.8 Å². The highest BCUT2D eigenvalue weighted by Gasteiger charge is 2.40. The number of non-ortho nitro benzene ring substituents is 1. The maximum atomic E-state index is 12.6. The van der Waals surface area contributed by atoms with Crippen molar-refractivity contribution >= 4 is 41.0 Å². The van der Waals surface area contributed by atoms with Gasteiger partial charge in [0.1, 0.15) is 18.1 Å². The Bertz CT molecular complexity index is 1030. The number of aliphatic carboxylic acids is 1. The predicted molar refractivity (Wildman–Crippen MR) is 133 cm³/mol. The van der Waals surface area contributed by atoms with E-state index < -0.39 is 34.9 Å². The molecule has 0 unspecified atom stereocenters. The minimum atomic E-state index is -1.16. The van der Waals surface area contributed by atoms with E-state index in [0.29, 0.717) is 37.9 Å². The maximum Gasteiger partial charge on any atom is 0.326 e. The van der Waals surface area contributed by atoms with Crippen LogP contribution < -0.4 is 27.8 Å². The Labute approximate surface area is 212 Å². The van der Waals surface area contributed by atoms with Crippen molar-refractivity contribution in [2.24, 2.45) is 16.5 Å². The van der Waals surface area contributed by atoms with E-state index in [9.17, 15) is 34.4 Å². The van der Waals surface area contributed by atoms with Gasteiger partial charge in [-0.05, 0) is 44.2 Å². The monoisotopic (exact) mass is 520 g/mol. The average molecular weight is 521 g/mol. The normalized spacial score (nSPS) is 19.1. The summed E-state index contributed by atoms with van der Waals surface area (Å²) in [4.78, 5) is 62.7. The lowest BCUT2D eigenvalue weighted by Gasteiger charge is -2.27. The van der Waals surface area contributed by atoms with Crippen LogP contribution in [0, 0.1) is 10.1 Å². The molecule has 0 saturated carbocycles. The first-order valence-corrected chi connectivity index (χ1v) is 11.7. The van der Waals surface area contributed by atoms with E-state index >= 15 is 0 Å². The van der Waals surface area contributed by atoms with Crippen molar-refractivity contribution in [3.05, 3.63) is 34.4 Å². The van der Waals surface area contributed by atoms with Crippen LogP contribution in [0.3, 0.4) is 0 Å². The fourth-order valence-electron chi connectivity index (χ4n) is 3.93. The number of nitro benzene ring substituents is 1. The van der Waals surface area contributed by atoms with Crippen molar-refractivity contribution in [2.75, 3.05) is 18.8 Å². The van der Waals surface area contributed by atoms with Gasteiger partial charge in [0.05, 0.1) is 4.92 Å². The molecule has 0 bridgehead atoms. The molecule has 3 amide bonds. The Kier molecular flexibility index (Phi) is 10.6. The first-order valence-electron chi connectivity index (χ1n) is 11.7. The van der Waals surface area contributed by atoms with E-state index in [1.165, 1.54) is 29.2 Å². The number of anilines is 1. The summed E-state index contributed by atoms with van der Waals surface area (Å²) in [5, 5.41) is 24.5. The van der Waals surface area contributed by atoms with Crippen LogP contribution >= 0.6 is 0 Å². The van der Waals surface area contributed by atoms with Crippen molar-refractivity contribution in [1.29, 1.82) is 0 Å². The third-order valence-corrected chi connectivity index (χ3v) is 5.80. The quantitative estimate of drug-likeness (QED) is 0.0581. The van der Waals surface area contributed by atoms with Gasteiger partial charge in [0, 0.05) is 37.3 Å². The molecule has 1 aromatic carbocycles. The predicted octanol–water partition coefficient (Wildman–Crippen LogP) is -0.944. The molecule has 9 N–H and O–H groups in total.